The standard InChI is InChI=1S/C15H30O4/c1-4-7-12-17-15(10-11-16,18-13-8-5-2)19-14-9-6-3/h11H,4-10,12-14H2,1-3H3. The summed E-state index contributed by atoms with van der Waals surface area (Å²) in [4.78, 5) is 10.9. The largest absolute Gasteiger partial charge is 0.327 e. The van der Waals surface area contributed by atoms with Gasteiger partial charge in [0.2, 0.25) is 0 Å². The van der Waals surface area contributed by atoms with Crippen LogP contribution in [0.5, 0.6) is 0 Å². The summed E-state index contributed by atoms with van der Waals surface area (Å²) in [5.74, 6) is -1.17. The third kappa shape index (κ3) is 9.14. The van der Waals surface area contributed by atoms with Gasteiger partial charge in [0.25, 0.3) is 5.97 Å². The van der Waals surface area contributed by atoms with Crippen molar-refractivity contribution in [1.82, 2.24) is 0 Å². The molecule has 0 amide bonds. The van der Waals surface area contributed by atoms with Crippen molar-refractivity contribution in [1.29, 1.82) is 0 Å². The maximum absolute atomic E-state index is 10.9. The Morgan fingerprint density at radius 1 is 0.789 bits per heavy atom. The zero-order chi connectivity index (χ0) is 14.4. The van der Waals surface area contributed by atoms with Crippen LogP contribution in [0.1, 0.15) is 65.7 Å². The molecule has 114 valence electrons. The van der Waals surface area contributed by atoms with E-state index in [0.717, 1.165) is 44.8 Å². The molecule has 0 bridgehead atoms. The molecule has 0 saturated heterocycles. The summed E-state index contributed by atoms with van der Waals surface area (Å²) in [6.45, 7) is 7.97. The summed E-state index contributed by atoms with van der Waals surface area (Å²) in [6.07, 6.45) is 6.88. The zero-order valence-electron chi connectivity index (χ0n) is 12.8. The minimum absolute atomic E-state index is 0.129. The van der Waals surface area contributed by atoms with Crippen LogP contribution >= 0.6 is 0 Å². The molecule has 0 spiro atoms. The second-order valence-electron chi connectivity index (χ2n) is 4.66. The molecule has 4 heteroatoms. The molecular weight excluding hydrogens is 244 g/mol. The summed E-state index contributed by atoms with van der Waals surface area (Å²) in [5.41, 5.74) is 0. The fraction of sp³-hybridized carbons (Fsp3) is 0.933. The average Bonchev–Trinajstić information content (AvgIpc) is 2.40. The Morgan fingerprint density at radius 3 is 1.42 bits per heavy atom. The van der Waals surface area contributed by atoms with Crippen molar-refractivity contribution in [2.24, 2.45) is 0 Å². The Labute approximate surface area is 117 Å². The second-order valence-corrected chi connectivity index (χ2v) is 4.66. The van der Waals surface area contributed by atoms with Gasteiger partial charge < -0.3 is 19.0 Å². The Bertz CT molecular complexity index is 180. The fourth-order valence-electron chi connectivity index (χ4n) is 1.52. The molecule has 0 saturated carbocycles. The summed E-state index contributed by atoms with van der Waals surface area (Å²) < 4.78 is 17.2. The van der Waals surface area contributed by atoms with Crippen LogP contribution in [-0.2, 0) is 19.0 Å². The van der Waals surface area contributed by atoms with Crippen molar-refractivity contribution in [3.05, 3.63) is 0 Å². The van der Waals surface area contributed by atoms with E-state index in [1.165, 1.54) is 0 Å². The monoisotopic (exact) mass is 274 g/mol. The van der Waals surface area contributed by atoms with E-state index in [1.807, 2.05) is 0 Å². The summed E-state index contributed by atoms with van der Waals surface area (Å²) >= 11 is 0. The van der Waals surface area contributed by atoms with Gasteiger partial charge in [0.05, 0.1) is 26.2 Å². The number of hydrogen-bond acceptors (Lipinski definition) is 4. The maximum atomic E-state index is 10.9. The first-order chi connectivity index (χ1) is 9.24. The molecule has 0 aromatic rings. The highest BCUT2D eigenvalue weighted by atomic mass is 16.9. The van der Waals surface area contributed by atoms with E-state index in [4.69, 9.17) is 14.2 Å². The predicted molar refractivity (Wildman–Crippen MR) is 76.0 cm³/mol. The molecule has 19 heavy (non-hydrogen) atoms. The van der Waals surface area contributed by atoms with E-state index in [1.54, 1.807) is 0 Å². The Hall–Kier alpha value is -0.450. The smallest absolute Gasteiger partial charge is 0.289 e. The molecule has 0 unspecified atom stereocenters. The van der Waals surface area contributed by atoms with Crippen molar-refractivity contribution < 1.29 is 19.0 Å². The minimum atomic E-state index is -1.17. The molecule has 0 aromatic carbocycles. The van der Waals surface area contributed by atoms with Crippen LogP contribution in [0.15, 0.2) is 0 Å². The van der Waals surface area contributed by atoms with Crippen molar-refractivity contribution in [3.63, 3.8) is 0 Å². The van der Waals surface area contributed by atoms with Crippen LogP contribution in [0.4, 0.5) is 0 Å². The zero-order valence-corrected chi connectivity index (χ0v) is 12.8. The number of carbonyl (C=O) groups excluding carboxylic acids is 1. The lowest BCUT2D eigenvalue weighted by molar-refractivity contribution is -0.378. The topological polar surface area (TPSA) is 44.8 Å². The Kier molecular flexibility index (Phi) is 12.3. The molecule has 0 N–H and O–H groups in total. The van der Waals surface area contributed by atoms with Gasteiger partial charge in [-0.1, -0.05) is 40.0 Å². The number of ether oxygens (including phenoxy) is 3. The molecule has 0 rings (SSSR count). The van der Waals surface area contributed by atoms with Gasteiger partial charge in [0, 0.05) is 0 Å². The molecule has 0 radical (unpaired) electrons. The third-order valence-corrected chi connectivity index (χ3v) is 2.79. The Morgan fingerprint density at radius 2 is 1.16 bits per heavy atom. The maximum Gasteiger partial charge on any atom is 0.289 e. The molecule has 0 aliphatic carbocycles. The van der Waals surface area contributed by atoms with Crippen LogP contribution in [0.25, 0.3) is 0 Å². The molecule has 4 nitrogen and oxygen atoms in total. The molecular formula is C15H30O4. The lowest BCUT2D eigenvalue weighted by Crippen LogP contribution is -2.40. The number of rotatable bonds is 14. The first kappa shape index (κ1) is 18.6. The average molecular weight is 274 g/mol. The lowest BCUT2D eigenvalue weighted by atomic mass is 10.3. The van der Waals surface area contributed by atoms with Gasteiger partial charge >= 0.3 is 0 Å². The van der Waals surface area contributed by atoms with Crippen molar-refractivity contribution in [2.75, 3.05) is 19.8 Å². The van der Waals surface area contributed by atoms with Gasteiger partial charge in [-0.05, 0) is 19.3 Å². The number of unbranched alkanes of at least 4 members (excludes halogenated alkanes) is 3. The molecule has 0 aromatic heterocycles. The second kappa shape index (κ2) is 12.6. The normalized spacial score (nSPS) is 11.7. The van der Waals surface area contributed by atoms with E-state index in [0.29, 0.717) is 19.8 Å². The van der Waals surface area contributed by atoms with Crippen LogP contribution in [0.2, 0.25) is 0 Å². The van der Waals surface area contributed by atoms with Gasteiger partial charge in [-0.3, -0.25) is 0 Å². The van der Waals surface area contributed by atoms with Crippen molar-refractivity contribution >= 4 is 6.29 Å². The Balaban J connectivity index is 4.42. The summed E-state index contributed by atoms with van der Waals surface area (Å²) in [6, 6.07) is 0. The number of carbonyl (C=O) groups is 1. The van der Waals surface area contributed by atoms with Crippen molar-refractivity contribution in [3.8, 4) is 0 Å². The molecule has 0 aliphatic rings. The molecule has 0 atom stereocenters. The van der Waals surface area contributed by atoms with E-state index in [-0.39, 0.29) is 6.42 Å². The molecule has 0 aliphatic heterocycles. The summed E-state index contributed by atoms with van der Waals surface area (Å²) in [7, 11) is 0. The number of aldehydes is 1. The number of hydrogen-bond donors (Lipinski definition) is 0. The van der Waals surface area contributed by atoms with Crippen LogP contribution in [0.3, 0.4) is 0 Å². The van der Waals surface area contributed by atoms with Crippen LogP contribution in [0, 0.1) is 0 Å². The van der Waals surface area contributed by atoms with E-state index >= 15 is 0 Å². The van der Waals surface area contributed by atoms with Gasteiger partial charge in [0.1, 0.15) is 6.29 Å². The first-order valence-electron chi connectivity index (χ1n) is 7.60. The first-order valence-corrected chi connectivity index (χ1v) is 7.60. The van der Waals surface area contributed by atoms with E-state index in [9.17, 15) is 4.79 Å². The van der Waals surface area contributed by atoms with Gasteiger partial charge in [0.15, 0.2) is 0 Å². The van der Waals surface area contributed by atoms with Gasteiger partial charge in [-0.2, -0.15) is 0 Å². The van der Waals surface area contributed by atoms with Gasteiger partial charge in [-0.25, -0.2) is 0 Å². The van der Waals surface area contributed by atoms with E-state index < -0.39 is 5.97 Å². The quantitative estimate of drug-likeness (QED) is 0.275. The minimum Gasteiger partial charge on any atom is -0.327 e. The highest BCUT2D eigenvalue weighted by molar-refractivity contribution is 5.50. The van der Waals surface area contributed by atoms with Crippen molar-refractivity contribution in [2.45, 2.75) is 71.7 Å². The molecule has 0 fully saturated rings. The summed E-state index contributed by atoms with van der Waals surface area (Å²) in [5, 5.41) is 0. The SMILES string of the molecule is CCCCOC(CC=O)(OCCCC)OCCCC. The van der Waals surface area contributed by atoms with Crippen LogP contribution in [-0.4, -0.2) is 32.1 Å². The third-order valence-electron chi connectivity index (χ3n) is 2.79. The van der Waals surface area contributed by atoms with Gasteiger partial charge in [-0.15, -0.1) is 0 Å². The predicted octanol–water partition coefficient (Wildman–Crippen LogP) is 3.68. The van der Waals surface area contributed by atoms with E-state index in [2.05, 4.69) is 20.8 Å². The highest BCUT2D eigenvalue weighted by Crippen LogP contribution is 2.21. The lowest BCUT2D eigenvalue weighted by Gasteiger charge is -2.32. The highest BCUT2D eigenvalue weighted by Gasteiger charge is 2.33. The van der Waals surface area contributed by atoms with Crippen LogP contribution < -0.4 is 0 Å². The fourth-order valence-corrected chi connectivity index (χ4v) is 1.52. The molecule has 0 heterocycles.